The number of hydrogen-bond donors (Lipinski definition) is 1. The van der Waals surface area contributed by atoms with Gasteiger partial charge in [0.1, 0.15) is 5.82 Å². The lowest BCUT2D eigenvalue weighted by molar-refractivity contribution is 0.601. The number of anilines is 1. The van der Waals surface area contributed by atoms with Gasteiger partial charge in [0.25, 0.3) is 10.0 Å². The van der Waals surface area contributed by atoms with E-state index in [-0.39, 0.29) is 4.90 Å². The monoisotopic (exact) mass is 340 g/mol. The van der Waals surface area contributed by atoms with Gasteiger partial charge in [0.2, 0.25) is 0 Å². The Hall–Kier alpha value is -1.40. The maximum Gasteiger partial charge on any atom is 0.263 e. The highest BCUT2D eigenvalue weighted by Gasteiger charge is 2.15. The Morgan fingerprint density at radius 3 is 2.53 bits per heavy atom. The third kappa shape index (κ3) is 3.33. The van der Waals surface area contributed by atoms with Crippen molar-refractivity contribution in [2.75, 3.05) is 4.72 Å². The summed E-state index contributed by atoms with van der Waals surface area (Å²) < 4.78 is 27.8. The number of sulfonamides is 1. The van der Waals surface area contributed by atoms with Crippen LogP contribution >= 0.6 is 15.9 Å². The molecule has 1 N–H and O–H groups in total. The Labute approximate surface area is 121 Å². The van der Waals surface area contributed by atoms with Crippen LogP contribution in [0.15, 0.2) is 45.8 Å². The van der Waals surface area contributed by atoms with Gasteiger partial charge in [-0.2, -0.15) is 0 Å². The third-order valence-electron chi connectivity index (χ3n) is 2.57. The highest BCUT2D eigenvalue weighted by atomic mass is 79.9. The van der Waals surface area contributed by atoms with Crippen molar-refractivity contribution in [2.24, 2.45) is 0 Å². The molecule has 0 amide bonds. The van der Waals surface area contributed by atoms with Crippen LogP contribution in [0.25, 0.3) is 0 Å². The molecule has 0 unspecified atom stereocenters. The SMILES string of the molecule is Cc1cccc(NS(=O)(=O)c2ccc(Br)c(C)c2)n1. The van der Waals surface area contributed by atoms with E-state index >= 15 is 0 Å². The zero-order chi connectivity index (χ0) is 14.0. The van der Waals surface area contributed by atoms with Gasteiger partial charge in [-0.15, -0.1) is 0 Å². The van der Waals surface area contributed by atoms with E-state index in [0.29, 0.717) is 5.82 Å². The molecule has 1 aromatic heterocycles. The smallest absolute Gasteiger partial charge is 0.263 e. The fraction of sp³-hybridized carbons (Fsp3) is 0.154. The van der Waals surface area contributed by atoms with Gasteiger partial charge in [-0.05, 0) is 49.7 Å². The molecule has 0 saturated heterocycles. The van der Waals surface area contributed by atoms with Crippen molar-refractivity contribution in [3.8, 4) is 0 Å². The Morgan fingerprint density at radius 1 is 1.16 bits per heavy atom. The summed E-state index contributed by atoms with van der Waals surface area (Å²) >= 11 is 3.34. The molecule has 1 aromatic carbocycles. The average molecular weight is 341 g/mol. The number of pyridine rings is 1. The van der Waals surface area contributed by atoms with Crippen LogP contribution in [0, 0.1) is 13.8 Å². The third-order valence-corrected chi connectivity index (χ3v) is 4.81. The average Bonchev–Trinajstić information content (AvgIpc) is 2.32. The summed E-state index contributed by atoms with van der Waals surface area (Å²) in [6.07, 6.45) is 0. The summed E-state index contributed by atoms with van der Waals surface area (Å²) in [7, 11) is -3.60. The lowest BCUT2D eigenvalue weighted by Crippen LogP contribution is -2.14. The predicted octanol–water partition coefficient (Wildman–Crippen LogP) is 3.26. The van der Waals surface area contributed by atoms with Crippen LogP contribution in [-0.2, 0) is 10.0 Å². The molecule has 1 heterocycles. The molecule has 0 saturated carbocycles. The lowest BCUT2D eigenvalue weighted by Gasteiger charge is -2.09. The summed E-state index contributed by atoms with van der Waals surface area (Å²) in [5, 5.41) is 0. The minimum Gasteiger partial charge on any atom is -0.263 e. The van der Waals surface area contributed by atoms with Crippen molar-refractivity contribution in [3.63, 3.8) is 0 Å². The Kier molecular flexibility index (Phi) is 3.91. The molecular weight excluding hydrogens is 328 g/mol. The lowest BCUT2D eigenvalue weighted by atomic mass is 10.2. The van der Waals surface area contributed by atoms with E-state index in [1.165, 1.54) is 0 Å². The molecular formula is C13H13BrN2O2S. The zero-order valence-corrected chi connectivity index (χ0v) is 12.9. The zero-order valence-electron chi connectivity index (χ0n) is 10.5. The molecule has 0 fully saturated rings. The van der Waals surface area contributed by atoms with Crippen molar-refractivity contribution in [3.05, 3.63) is 52.1 Å². The molecule has 0 atom stereocenters. The summed E-state index contributed by atoms with van der Waals surface area (Å²) in [5.74, 6) is 0.320. The van der Waals surface area contributed by atoms with Crippen LogP contribution < -0.4 is 4.72 Å². The molecule has 0 aliphatic carbocycles. The van der Waals surface area contributed by atoms with E-state index in [4.69, 9.17) is 0 Å². The number of halogens is 1. The molecule has 100 valence electrons. The second-order valence-corrected chi connectivity index (χ2v) is 6.72. The summed E-state index contributed by atoms with van der Waals surface area (Å²) in [6, 6.07) is 10.1. The van der Waals surface area contributed by atoms with Gasteiger partial charge in [-0.25, -0.2) is 13.4 Å². The van der Waals surface area contributed by atoms with E-state index in [2.05, 4.69) is 25.6 Å². The first-order valence-electron chi connectivity index (χ1n) is 5.61. The van der Waals surface area contributed by atoms with Crippen LogP contribution in [-0.4, -0.2) is 13.4 Å². The molecule has 19 heavy (non-hydrogen) atoms. The quantitative estimate of drug-likeness (QED) is 0.932. The largest absolute Gasteiger partial charge is 0.263 e. The molecule has 0 spiro atoms. The topological polar surface area (TPSA) is 59.1 Å². The molecule has 0 aliphatic heterocycles. The van der Waals surface area contributed by atoms with Gasteiger partial charge in [-0.3, -0.25) is 4.72 Å². The van der Waals surface area contributed by atoms with Gasteiger partial charge in [0.05, 0.1) is 4.90 Å². The van der Waals surface area contributed by atoms with Crippen molar-refractivity contribution >= 4 is 31.8 Å². The van der Waals surface area contributed by atoms with Crippen molar-refractivity contribution < 1.29 is 8.42 Å². The van der Waals surface area contributed by atoms with Crippen LogP contribution in [0.4, 0.5) is 5.82 Å². The second-order valence-electron chi connectivity index (χ2n) is 4.18. The normalized spacial score (nSPS) is 11.3. The summed E-state index contributed by atoms with van der Waals surface area (Å²) in [4.78, 5) is 4.34. The standard InChI is InChI=1S/C13H13BrN2O2S/c1-9-8-11(6-7-12(9)14)19(17,18)16-13-5-3-4-10(2)15-13/h3-8H,1-2H3,(H,15,16). The number of aryl methyl sites for hydroxylation is 2. The molecule has 0 bridgehead atoms. The van der Waals surface area contributed by atoms with E-state index in [1.54, 1.807) is 30.3 Å². The Bertz CT molecular complexity index is 714. The van der Waals surface area contributed by atoms with E-state index < -0.39 is 10.0 Å². The maximum atomic E-state index is 12.2. The van der Waals surface area contributed by atoms with Crippen LogP contribution in [0.1, 0.15) is 11.3 Å². The number of nitrogens with one attached hydrogen (secondary N) is 1. The van der Waals surface area contributed by atoms with E-state index in [9.17, 15) is 8.42 Å². The highest BCUT2D eigenvalue weighted by molar-refractivity contribution is 9.10. The Morgan fingerprint density at radius 2 is 1.89 bits per heavy atom. The first kappa shape index (κ1) is 14.0. The van der Waals surface area contributed by atoms with Gasteiger partial charge >= 0.3 is 0 Å². The van der Waals surface area contributed by atoms with Crippen LogP contribution in [0.3, 0.4) is 0 Å². The maximum absolute atomic E-state index is 12.2. The molecule has 2 aromatic rings. The Balaban J connectivity index is 2.35. The number of benzene rings is 1. The van der Waals surface area contributed by atoms with Gasteiger partial charge in [0, 0.05) is 10.2 Å². The fourth-order valence-electron chi connectivity index (χ4n) is 1.58. The predicted molar refractivity (Wildman–Crippen MR) is 78.7 cm³/mol. The van der Waals surface area contributed by atoms with E-state index in [1.807, 2.05) is 19.9 Å². The van der Waals surface area contributed by atoms with Crippen molar-refractivity contribution in [1.29, 1.82) is 0 Å². The number of hydrogen-bond acceptors (Lipinski definition) is 3. The molecule has 6 heteroatoms. The fourth-order valence-corrected chi connectivity index (χ4v) is 2.91. The number of aromatic nitrogens is 1. The van der Waals surface area contributed by atoms with Crippen LogP contribution in [0.5, 0.6) is 0 Å². The van der Waals surface area contributed by atoms with Crippen LogP contribution in [0.2, 0.25) is 0 Å². The highest BCUT2D eigenvalue weighted by Crippen LogP contribution is 2.21. The van der Waals surface area contributed by atoms with Crippen molar-refractivity contribution in [2.45, 2.75) is 18.7 Å². The summed E-state index contributed by atoms with van der Waals surface area (Å²) in [5.41, 5.74) is 1.62. The van der Waals surface area contributed by atoms with Gasteiger partial charge in [0.15, 0.2) is 0 Å². The van der Waals surface area contributed by atoms with Gasteiger partial charge < -0.3 is 0 Å². The van der Waals surface area contributed by atoms with E-state index in [0.717, 1.165) is 15.7 Å². The van der Waals surface area contributed by atoms with Gasteiger partial charge in [-0.1, -0.05) is 22.0 Å². The minimum atomic E-state index is -3.60. The number of nitrogens with zero attached hydrogens (tertiary/aromatic N) is 1. The molecule has 0 radical (unpaired) electrons. The summed E-state index contributed by atoms with van der Waals surface area (Å²) in [6.45, 7) is 3.65. The first-order chi connectivity index (χ1) is 8.88. The molecule has 4 nitrogen and oxygen atoms in total. The van der Waals surface area contributed by atoms with Crippen molar-refractivity contribution in [1.82, 2.24) is 4.98 Å². The minimum absolute atomic E-state index is 0.219. The molecule has 2 rings (SSSR count). The molecule has 0 aliphatic rings. The first-order valence-corrected chi connectivity index (χ1v) is 7.89. The number of rotatable bonds is 3. The second kappa shape index (κ2) is 5.30.